The highest BCUT2D eigenvalue weighted by molar-refractivity contribution is 5.73. The van der Waals surface area contributed by atoms with Crippen molar-refractivity contribution in [2.75, 3.05) is 11.4 Å². The van der Waals surface area contributed by atoms with Gasteiger partial charge in [0, 0.05) is 12.6 Å². The van der Waals surface area contributed by atoms with Gasteiger partial charge < -0.3 is 4.90 Å². The minimum atomic E-state index is -4.96. The molecular weight excluding hydrogens is 358 g/mol. The smallest absolute Gasteiger partial charge is 0.338 e. The average molecular weight is 370 g/mol. The van der Waals surface area contributed by atoms with Gasteiger partial charge in [-0.15, -0.1) is 0 Å². The summed E-state index contributed by atoms with van der Waals surface area (Å²) in [4.78, 5) is 1.25. The Hall–Kier alpha value is -2.69. The fraction of sp³-hybridized carbons (Fsp3) is 0.278. The van der Waals surface area contributed by atoms with Gasteiger partial charge in [0.05, 0.1) is 16.9 Å². The number of halogens is 6. The summed E-state index contributed by atoms with van der Waals surface area (Å²) in [6.07, 6.45) is -3.48. The number of hydrogen-bond donors (Lipinski definition) is 0. The van der Waals surface area contributed by atoms with Crippen LogP contribution in [0.25, 0.3) is 0 Å². The molecule has 2 aromatic rings. The number of fused-ring (bicyclic) bond motifs is 1. The van der Waals surface area contributed by atoms with E-state index in [1.54, 1.807) is 0 Å². The molecule has 0 saturated heterocycles. The van der Waals surface area contributed by atoms with Gasteiger partial charge in [0.2, 0.25) is 0 Å². The fourth-order valence-electron chi connectivity index (χ4n) is 3.17. The van der Waals surface area contributed by atoms with E-state index in [9.17, 15) is 31.6 Å². The lowest BCUT2D eigenvalue weighted by atomic mass is 10.0. The monoisotopic (exact) mass is 370 g/mol. The highest BCUT2D eigenvalue weighted by Gasteiger charge is 2.37. The second-order valence-electron chi connectivity index (χ2n) is 5.93. The van der Waals surface area contributed by atoms with Crippen LogP contribution in [0.3, 0.4) is 0 Å². The maximum Gasteiger partial charge on any atom is 0.419 e. The van der Waals surface area contributed by atoms with Crippen molar-refractivity contribution in [1.29, 1.82) is 5.26 Å². The predicted molar refractivity (Wildman–Crippen MR) is 82.4 cm³/mol. The van der Waals surface area contributed by atoms with E-state index in [0.29, 0.717) is 37.0 Å². The van der Waals surface area contributed by atoms with E-state index in [4.69, 9.17) is 0 Å². The van der Waals surface area contributed by atoms with Crippen LogP contribution in [0.1, 0.15) is 29.5 Å². The Labute approximate surface area is 145 Å². The second-order valence-corrected chi connectivity index (χ2v) is 5.93. The lowest BCUT2D eigenvalue weighted by molar-refractivity contribution is -0.140. The fourth-order valence-corrected chi connectivity index (χ4v) is 3.17. The molecule has 26 heavy (non-hydrogen) atoms. The number of aryl methyl sites for hydroxylation is 1. The first-order valence-electron chi connectivity index (χ1n) is 7.79. The van der Waals surface area contributed by atoms with Gasteiger partial charge in [-0.1, -0.05) is 0 Å². The van der Waals surface area contributed by atoms with Gasteiger partial charge in [0.1, 0.15) is 23.3 Å². The van der Waals surface area contributed by atoms with E-state index in [1.165, 1.54) is 11.0 Å². The molecule has 0 unspecified atom stereocenters. The number of hydrogen-bond acceptors (Lipinski definition) is 2. The zero-order chi connectivity index (χ0) is 19.1. The Kier molecular flexibility index (Phi) is 4.57. The molecule has 1 heterocycles. The molecule has 1 aliphatic rings. The molecule has 0 fully saturated rings. The highest BCUT2D eigenvalue weighted by atomic mass is 19.4. The molecule has 1 aliphatic heterocycles. The molecule has 0 bridgehead atoms. The summed E-state index contributed by atoms with van der Waals surface area (Å²) in [6, 6.07) is 4.71. The van der Waals surface area contributed by atoms with Crippen molar-refractivity contribution in [3.63, 3.8) is 0 Å². The molecule has 0 atom stereocenters. The van der Waals surface area contributed by atoms with Crippen LogP contribution in [0.5, 0.6) is 0 Å². The summed E-state index contributed by atoms with van der Waals surface area (Å²) in [5.74, 6) is -3.39. The first-order chi connectivity index (χ1) is 12.2. The third-order valence-corrected chi connectivity index (χ3v) is 4.28. The van der Waals surface area contributed by atoms with Crippen molar-refractivity contribution < 1.29 is 26.3 Å². The Balaban J connectivity index is 2.22. The van der Waals surface area contributed by atoms with Crippen molar-refractivity contribution in [3.05, 3.63) is 58.4 Å². The van der Waals surface area contributed by atoms with Crippen molar-refractivity contribution in [1.82, 2.24) is 0 Å². The summed E-state index contributed by atoms with van der Waals surface area (Å²) in [7, 11) is 0. The van der Waals surface area contributed by atoms with E-state index >= 15 is 0 Å². The van der Waals surface area contributed by atoms with Gasteiger partial charge in [0.25, 0.3) is 0 Å². The van der Waals surface area contributed by atoms with Gasteiger partial charge in [0.15, 0.2) is 5.82 Å². The Bertz CT molecular complexity index is 898. The summed E-state index contributed by atoms with van der Waals surface area (Å²) in [6.45, 7) is 0.162. The van der Waals surface area contributed by atoms with E-state index in [2.05, 4.69) is 0 Å². The molecule has 0 spiro atoms. The predicted octanol–water partition coefficient (Wildman–Crippen LogP) is 5.47. The average Bonchev–Trinajstić information content (AvgIpc) is 2.75. The number of nitrogens with zero attached hydrogens (tertiary/aromatic N) is 2. The number of benzene rings is 2. The van der Waals surface area contributed by atoms with Crippen LogP contribution in [0, 0.1) is 28.8 Å². The van der Waals surface area contributed by atoms with Gasteiger partial charge in [-0.2, -0.15) is 18.4 Å². The minimum Gasteiger partial charge on any atom is -0.338 e. The molecule has 0 aliphatic carbocycles. The number of anilines is 2. The van der Waals surface area contributed by atoms with Crippen molar-refractivity contribution in [2.45, 2.75) is 25.4 Å². The van der Waals surface area contributed by atoms with E-state index in [1.807, 2.05) is 0 Å². The molecule has 0 saturated carbocycles. The van der Waals surface area contributed by atoms with Crippen LogP contribution in [0.2, 0.25) is 0 Å². The molecule has 0 aromatic heterocycles. The molecule has 8 heteroatoms. The molecule has 0 N–H and O–H groups in total. The van der Waals surface area contributed by atoms with Crippen LogP contribution in [-0.2, 0) is 12.6 Å². The summed E-state index contributed by atoms with van der Waals surface area (Å²) in [5.41, 5.74) is -2.28. The molecule has 0 amide bonds. The molecule has 2 nitrogen and oxygen atoms in total. The molecule has 2 aromatic carbocycles. The third kappa shape index (κ3) is 3.09. The van der Waals surface area contributed by atoms with Gasteiger partial charge in [-0.05, 0) is 43.0 Å². The van der Waals surface area contributed by atoms with E-state index in [-0.39, 0.29) is 17.9 Å². The van der Waals surface area contributed by atoms with Crippen molar-refractivity contribution in [3.8, 4) is 6.07 Å². The highest BCUT2D eigenvalue weighted by Crippen LogP contribution is 2.40. The summed E-state index contributed by atoms with van der Waals surface area (Å²) < 4.78 is 80.9. The number of rotatable bonds is 1. The second kappa shape index (κ2) is 6.56. The first-order valence-corrected chi connectivity index (χ1v) is 7.79. The third-order valence-electron chi connectivity index (χ3n) is 4.28. The molecule has 3 rings (SSSR count). The normalized spacial score (nSPS) is 14.6. The van der Waals surface area contributed by atoms with Crippen LogP contribution < -0.4 is 4.90 Å². The van der Waals surface area contributed by atoms with Gasteiger partial charge in [-0.25, -0.2) is 13.2 Å². The van der Waals surface area contributed by atoms with Crippen molar-refractivity contribution >= 4 is 11.4 Å². The number of nitriles is 1. The Morgan fingerprint density at radius 1 is 1.04 bits per heavy atom. The molecule has 136 valence electrons. The lowest BCUT2D eigenvalue weighted by Crippen LogP contribution is -2.22. The largest absolute Gasteiger partial charge is 0.419 e. The van der Waals surface area contributed by atoms with E-state index in [0.717, 1.165) is 12.1 Å². The summed E-state index contributed by atoms with van der Waals surface area (Å²) in [5, 5.41) is 9.21. The standard InChI is InChI=1S/C18H12F6N2/c19-11-7-10-3-1-2-6-26(17(10)14(20)8-11)15-5-4-13(18(22,23)24)16(21)12(15)9-25/h4-5,7-8H,1-3,6H2. The summed E-state index contributed by atoms with van der Waals surface area (Å²) >= 11 is 0. The maximum atomic E-state index is 14.4. The molecule has 0 radical (unpaired) electrons. The lowest BCUT2D eigenvalue weighted by Gasteiger charge is -2.27. The van der Waals surface area contributed by atoms with Gasteiger partial charge in [-0.3, -0.25) is 0 Å². The topological polar surface area (TPSA) is 27.0 Å². The van der Waals surface area contributed by atoms with Crippen LogP contribution in [0.15, 0.2) is 24.3 Å². The van der Waals surface area contributed by atoms with Crippen LogP contribution in [0.4, 0.5) is 37.7 Å². The van der Waals surface area contributed by atoms with Crippen LogP contribution in [-0.4, -0.2) is 6.54 Å². The zero-order valence-electron chi connectivity index (χ0n) is 13.3. The number of alkyl halides is 3. The minimum absolute atomic E-state index is 0.0421. The van der Waals surface area contributed by atoms with Crippen LogP contribution >= 0.6 is 0 Å². The Morgan fingerprint density at radius 3 is 2.42 bits per heavy atom. The molecular formula is C18H12F6N2. The first kappa shape index (κ1) is 18.1. The zero-order valence-corrected chi connectivity index (χ0v) is 13.3. The van der Waals surface area contributed by atoms with Gasteiger partial charge >= 0.3 is 6.18 Å². The Morgan fingerprint density at radius 2 is 1.77 bits per heavy atom. The quantitative estimate of drug-likeness (QED) is 0.623. The van der Waals surface area contributed by atoms with Crippen molar-refractivity contribution in [2.24, 2.45) is 0 Å². The SMILES string of the molecule is N#Cc1c(N2CCCCc3cc(F)cc(F)c32)ccc(C(F)(F)F)c1F. The maximum absolute atomic E-state index is 14.4. The van der Waals surface area contributed by atoms with E-state index < -0.39 is 34.8 Å².